The second-order valence-electron chi connectivity index (χ2n) is 5.55. The van der Waals surface area contributed by atoms with Gasteiger partial charge in [0.05, 0.1) is 12.7 Å². The third kappa shape index (κ3) is 7.54. The van der Waals surface area contributed by atoms with E-state index in [2.05, 4.69) is 12.2 Å². The Bertz CT molecular complexity index is 829. The Morgan fingerprint density at radius 3 is 2.11 bits per heavy atom. The predicted octanol–water partition coefficient (Wildman–Crippen LogP) is 6.36. The lowest BCUT2D eigenvalue weighted by Gasteiger charge is -2.07. The summed E-state index contributed by atoms with van der Waals surface area (Å²) < 4.78 is 10.6. The Labute approximate surface area is 168 Å². The second-order valence-corrected chi connectivity index (χ2v) is 5.55. The van der Waals surface area contributed by atoms with Gasteiger partial charge in [0.1, 0.15) is 17.2 Å². The minimum atomic E-state index is 0.588. The number of benzene rings is 3. The van der Waals surface area contributed by atoms with E-state index in [0.717, 1.165) is 23.5 Å². The van der Waals surface area contributed by atoms with Crippen LogP contribution in [0.2, 0.25) is 0 Å². The summed E-state index contributed by atoms with van der Waals surface area (Å²) >= 11 is 0. The van der Waals surface area contributed by atoms with E-state index in [4.69, 9.17) is 9.47 Å². The molecule has 1 N–H and O–H groups in total. The molecule has 3 aromatic rings. The Morgan fingerprint density at radius 1 is 0.857 bits per heavy atom. The van der Waals surface area contributed by atoms with E-state index in [1.165, 1.54) is 5.56 Å². The number of carbonyl (C=O) groups excluding carboxylic acids is 1. The van der Waals surface area contributed by atoms with E-state index in [1.54, 1.807) is 25.3 Å². The minimum absolute atomic E-state index is 0.588. The van der Waals surface area contributed by atoms with Crippen LogP contribution in [0, 0.1) is 6.92 Å². The summed E-state index contributed by atoms with van der Waals surface area (Å²) in [5.74, 6) is 2.33. The average molecular weight is 380 g/mol. The number of anilines is 1. The molecule has 3 rings (SSSR count). The van der Waals surface area contributed by atoms with Crippen molar-refractivity contribution < 1.29 is 14.3 Å². The van der Waals surface area contributed by atoms with Crippen molar-refractivity contribution in [2.45, 2.75) is 20.8 Å². The molecule has 0 unspecified atom stereocenters. The van der Waals surface area contributed by atoms with Gasteiger partial charge < -0.3 is 14.8 Å². The zero-order chi connectivity index (χ0) is 20.8. The van der Waals surface area contributed by atoms with Gasteiger partial charge in [0.2, 0.25) is 0 Å². The summed E-state index contributed by atoms with van der Waals surface area (Å²) in [5.41, 5.74) is 2.87. The van der Waals surface area contributed by atoms with Gasteiger partial charge in [-0.2, -0.15) is 0 Å². The molecule has 4 nitrogen and oxygen atoms in total. The van der Waals surface area contributed by atoms with E-state index >= 15 is 0 Å². The topological polar surface area (TPSA) is 47.6 Å². The molecular weight excluding hydrogens is 350 g/mol. The molecule has 0 aliphatic heterocycles. The first-order valence-corrected chi connectivity index (χ1v) is 9.27. The molecule has 0 bridgehead atoms. The molecule has 148 valence electrons. The zero-order valence-electron chi connectivity index (χ0n) is 17.2. The van der Waals surface area contributed by atoms with Crippen LogP contribution in [-0.4, -0.2) is 20.4 Å². The maximum Gasteiger partial charge on any atom is 0.153 e. The lowest BCUT2D eigenvalue weighted by atomic mass is 10.2. The summed E-state index contributed by atoms with van der Waals surface area (Å²) in [6.45, 7) is 6.06. The van der Waals surface area contributed by atoms with Crippen LogP contribution in [0.25, 0.3) is 0 Å². The summed E-state index contributed by atoms with van der Waals surface area (Å²) in [7, 11) is 3.44. The number of aryl methyl sites for hydroxylation is 1. The Balaban J connectivity index is 0.000000281. The van der Waals surface area contributed by atoms with Crippen molar-refractivity contribution in [2.75, 3.05) is 19.5 Å². The Kier molecular flexibility index (Phi) is 10.6. The van der Waals surface area contributed by atoms with Crippen LogP contribution in [0.5, 0.6) is 17.2 Å². The first-order valence-electron chi connectivity index (χ1n) is 9.27. The fourth-order valence-electron chi connectivity index (χ4n) is 2.22. The highest BCUT2D eigenvalue weighted by molar-refractivity contribution is 5.79. The molecule has 0 amide bonds. The van der Waals surface area contributed by atoms with E-state index in [-0.39, 0.29) is 0 Å². The number of ether oxygens (including phenoxy) is 2. The molecule has 3 aromatic carbocycles. The number of hydrogen-bond donors (Lipinski definition) is 1. The van der Waals surface area contributed by atoms with Gasteiger partial charge in [-0.15, -0.1) is 0 Å². The SMILES string of the molecule is CC.CNc1cccc(Oc2ccc(C)cc2)c1.COc1ccccc1C=O. The predicted molar refractivity (Wildman–Crippen MR) is 117 cm³/mol. The van der Waals surface area contributed by atoms with Crippen LogP contribution in [0.4, 0.5) is 5.69 Å². The van der Waals surface area contributed by atoms with Crippen LogP contribution >= 0.6 is 0 Å². The van der Waals surface area contributed by atoms with Crippen LogP contribution in [0.3, 0.4) is 0 Å². The summed E-state index contributed by atoms with van der Waals surface area (Å²) in [5, 5.41) is 3.08. The third-order valence-electron chi connectivity index (χ3n) is 3.65. The van der Waals surface area contributed by atoms with Gasteiger partial charge >= 0.3 is 0 Å². The van der Waals surface area contributed by atoms with Gasteiger partial charge in [-0.3, -0.25) is 4.79 Å². The summed E-state index contributed by atoms with van der Waals surface area (Å²) in [6, 6.07) is 23.0. The molecule has 0 aliphatic carbocycles. The minimum Gasteiger partial charge on any atom is -0.496 e. The fraction of sp³-hybridized carbons (Fsp3) is 0.208. The smallest absolute Gasteiger partial charge is 0.153 e. The van der Waals surface area contributed by atoms with Gasteiger partial charge in [-0.1, -0.05) is 49.7 Å². The molecule has 0 saturated carbocycles. The molecule has 0 spiro atoms. The van der Waals surface area contributed by atoms with Crippen molar-refractivity contribution >= 4 is 12.0 Å². The molecule has 0 fully saturated rings. The van der Waals surface area contributed by atoms with Gasteiger partial charge in [-0.05, 0) is 43.3 Å². The number of hydrogen-bond acceptors (Lipinski definition) is 4. The second kappa shape index (κ2) is 13.0. The number of methoxy groups -OCH3 is 1. The normalized spacial score (nSPS) is 9.04. The van der Waals surface area contributed by atoms with Crippen molar-refractivity contribution in [1.29, 1.82) is 0 Å². The molecule has 0 heterocycles. The molecule has 0 aliphatic rings. The molecule has 0 atom stereocenters. The van der Waals surface area contributed by atoms with Gasteiger partial charge in [0.25, 0.3) is 0 Å². The fourth-order valence-corrected chi connectivity index (χ4v) is 2.22. The molecule has 0 aromatic heterocycles. The number of aldehydes is 1. The first-order chi connectivity index (χ1) is 13.7. The van der Waals surface area contributed by atoms with Crippen LogP contribution in [0.15, 0.2) is 72.8 Å². The lowest BCUT2D eigenvalue weighted by Crippen LogP contribution is -1.89. The van der Waals surface area contributed by atoms with Crippen molar-refractivity contribution in [1.82, 2.24) is 0 Å². The Morgan fingerprint density at radius 2 is 1.54 bits per heavy atom. The van der Waals surface area contributed by atoms with Gasteiger partial charge in [-0.25, -0.2) is 0 Å². The standard InChI is InChI=1S/C14H15NO.C8H8O2.C2H6/c1-11-6-8-13(9-7-11)16-14-5-3-4-12(10-14)15-2;1-10-8-5-3-2-4-7(8)6-9;1-2/h3-10,15H,1-2H3;2-6H,1H3;1-2H3. The molecular formula is C24H29NO3. The summed E-state index contributed by atoms with van der Waals surface area (Å²) in [6.07, 6.45) is 0.777. The monoisotopic (exact) mass is 379 g/mol. The van der Waals surface area contributed by atoms with E-state index in [0.29, 0.717) is 11.3 Å². The average Bonchev–Trinajstić information content (AvgIpc) is 2.77. The van der Waals surface area contributed by atoms with E-state index in [9.17, 15) is 4.79 Å². The highest BCUT2D eigenvalue weighted by atomic mass is 16.5. The van der Waals surface area contributed by atoms with Crippen molar-refractivity contribution in [2.24, 2.45) is 0 Å². The largest absolute Gasteiger partial charge is 0.496 e. The maximum absolute atomic E-state index is 10.3. The number of rotatable bonds is 5. The van der Waals surface area contributed by atoms with Crippen molar-refractivity contribution in [3.63, 3.8) is 0 Å². The van der Waals surface area contributed by atoms with E-state index < -0.39 is 0 Å². The van der Waals surface area contributed by atoms with Crippen molar-refractivity contribution in [3.8, 4) is 17.2 Å². The van der Waals surface area contributed by atoms with Gasteiger partial charge in [0, 0.05) is 18.8 Å². The molecule has 28 heavy (non-hydrogen) atoms. The van der Waals surface area contributed by atoms with E-state index in [1.807, 2.05) is 75.5 Å². The molecule has 0 radical (unpaired) electrons. The van der Waals surface area contributed by atoms with Crippen LogP contribution in [0.1, 0.15) is 29.8 Å². The third-order valence-corrected chi connectivity index (χ3v) is 3.65. The number of nitrogens with one attached hydrogen (secondary N) is 1. The lowest BCUT2D eigenvalue weighted by molar-refractivity contribution is 0.112. The van der Waals surface area contributed by atoms with Gasteiger partial charge in [0.15, 0.2) is 6.29 Å². The first kappa shape index (κ1) is 22.8. The van der Waals surface area contributed by atoms with Crippen molar-refractivity contribution in [3.05, 3.63) is 83.9 Å². The quantitative estimate of drug-likeness (QED) is 0.524. The Hall–Kier alpha value is -3.27. The molecule has 0 saturated heterocycles. The zero-order valence-corrected chi connectivity index (χ0v) is 17.2. The highest BCUT2D eigenvalue weighted by Crippen LogP contribution is 2.24. The number of carbonyl (C=O) groups is 1. The number of para-hydroxylation sites is 1. The highest BCUT2D eigenvalue weighted by Gasteiger charge is 1.98. The molecule has 4 heteroatoms. The van der Waals surface area contributed by atoms with Crippen LogP contribution < -0.4 is 14.8 Å². The summed E-state index contributed by atoms with van der Waals surface area (Å²) in [4.78, 5) is 10.3. The maximum atomic E-state index is 10.3. The van der Waals surface area contributed by atoms with Crippen LogP contribution in [-0.2, 0) is 0 Å².